The van der Waals surface area contributed by atoms with E-state index in [-0.39, 0.29) is 0 Å². The molecule has 1 saturated carbocycles. The lowest BCUT2D eigenvalue weighted by Crippen LogP contribution is -2.27. The van der Waals surface area contributed by atoms with E-state index < -0.39 is 0 Å². The van der Waals surface area contributed by atoms with Gasteiger partial charge in [0.15, 0.2) is 0 Å². The van der Waals surface area contributed by atoms with Crippen molar-refractivity contribution in [3.8, 4) is 0 Å². The van der Waals surface area contributed by atoms with Gasteiger partial charge in [0.1, 0.15) is 0 Å². The van der Waals surface area contributed by atoms with Crippen LogP contribution in [0, 0.1) is 0 Å². The molecule has 1 N–H and O–H groups in total. The van der Waals surface area contributed by atoms with E-state index >= 15 is 0 Å². The Morgan fingerprint density at radius 2 is 1.89 bits per heavy atom. The Kier molecular flexibility index (Phi) is 5.87. The van der Waals surface area contributed by atoms with Gasteiger partial charge in [-0.3, -0.25) is 4.90 Å². The average Bonchev–Trinajstić information content (AvgIpc) is 3.25. The molecule has 0 aromatic heterocycles. The van der Waals surface area contributed by atoms with E-state index in [1.807, 2.05) is 0 Å². The van der Waals surface area contributed by atoms with Crippen molar-refractivity contribution < 1.29 is 0 Å². The minimum atomic E-state index is 0.863. The van der Waals surface area contributed by atoms with Crippen molar-refractivity contribution in [1.82, 2.24) is 10.2 Å². The van der Waals surface area contributed by atoms with Gasteiger partial charge < -0.3 is 5.32 Å². The van der Waals surface area contributed by atoms with E-state index in [1.165, 1.54) is 36.9 Å². The Morgan fingerprint density at radius 3 is 2.53 bits per heavy atom. The third-order valence-electron chi connectivity index (χ3n) is 3.89. The second-order valence-electron chi connectivity index (χ2n) is 5.57. The summed E-state index contributed by atoms with van der Waals surface area (Å²) in [5, 5.41) is 3.42. The number of nitrogens with one attached hydrogen (secondary N) is 1. The number of nitrogens with zero attached hydrogens (tertiary/aromatic N) is 1. The van der Waals surface area contributed by atoms with Gasteiger partial charge in [0.2, 0.25) is 0 Å². The lowest BCUT2D eigenvalue weighted by molar-refractivity contribution is 0.254. The van der Waals surface area contributed by atoms with Crippen molar-refractivity contribution in [3.63, 3.8) is 0 Å². The Balaban J connectivity index is 1.97. The van der Waals surface area contributed by atoms with Crippen LogP contribution in [-0.2, 0) is 13.0 Å². The first kappa shape index (κ1) is 14.5. The highest BCUT2D eigenvalue weighted by atomic mass is 15.2. The van der Waals surface area contributed by atoms with Crippen molar-refractivity contribution in [2.24, 2.45) is 0 Å². The number of likely N-dealkylation sites (N-methyl/N-ethyl adjacent to an activating group) is 1. The Hall–Kier alpha value is -0.860. The van der Waals surface area contributed by atoms with Crippen LogP contribution in [0.15, 0.2) is 24.3 Å². The monoisotopic (exact) mass is 260 g/mol. The highest BCUT2D eigenvalue weighted by Crippen LogP contribution is 2.29. The Labute approximate surface area is 118 Å². The van der Waals surface area contributed by atoms with Crippen LogP contribution in [-0.4, -0.2) is 30.6 Å². The first-order valence-electron chi connectivity index (χ1n) is 7.86. The second kappa shape index (κ2) is 7.66. The normalized spacial score (nSPS) is 15.1. The van der Waals surface area contributed by atoms with Gasteiger partial charge in [-0.25, -0.2) is 0 Å². The summed E-state index contributed by atoms with van der Waals surface area (Å²) < 4.78 is 0. The van der Waals surface area contributed by atoms with Crippen molar-refractivity contribution >= 4 is 0 Å². The maximum absolute atomic E-state index is 3.42. The topological polar surface area (TPSA) is 15.3 Å². The van der Waals surface area contributed by atoms with E-state index in [1.54, 1.807) is 0 Å². The zero-order chi connectivity index (χ0) is 13.5. The molecule has 0 spiro atoms. The maximum atomic E-state index is 3.42. The summed E-state index contributed by atoms with van der Waals surface area (Å²) in [6.45, 7) is 8.98. The predicted octanol–water partition coefficient (Wildman–Crippen LogP) is 3.21. The summed E-state index contributed by atoms with van der Waals surface area (Å²) in [5.74, 6) is 0. The fourth-order valence-electron chi connectivity index (χ4n) is 2.69. The molecule has 1 aliphatic rings. The molecule has 0 heterocycles. The Bertz CT molecular complexity index is 371. The largest absolute Gasteiger partial charge is 0.317 e. The van der Waals surface area contributed by atoms with Crippen LogP contribution in [0.1, 0.15) is 44.2 Å². The molecule has 2 nitrogen and oxygen atoms in total. The van der Waals surface area contributed by atoms with Crippen LogP contribution >= 0.6 is 0 Å². The third-order valence-corrected chi connectivity index (χ3v) is 3.89. The molecule has 1 aromatic rings. The smallest absolute Gasteiger partial charge is 0.0239 e. The van der Waals surface area contributed by atoms with E-state index in [9.17, 15) is 0 Å². The summed E-state index contributed by atoms with van der Waals surface area (Å²) in [6, 6.07) is 9.83. The standard InChI is InChI=1S/C17H28N2/c1-3-13-19(17-9-10-17)14-16-8-6-5-7-15(16)11-12-18-4-2/h5-8,17-18H,3-4,9-14H2,1-2H3. The highest BCUT2D eigenvalue weighted by Gasteiger charge is 2.28. The number of rotatable bonds is 9. The van der Waals surface area contributed by atoms with Crippen LogP contribution in [0.2, 0.25) is 0 Å². The van der Waals surface area contributed by atoms with Crippen LogP contribution in [0.3, 0.4) is 0 Å². The van der Waals surface area contributed by atoms with E-state index in [4.69, 9.17) is 0 Å². The molecule has 1 aliphatic carbocycles. The maximum Gasteiger partial charge on any atom is 0.0239 e. The fraction of sp³-hybridized carbons (Fsp3) is 0.647. The lowest BCUT2D eigenvalue weighted by Gasteiger charge is -2.23. The van der Waals surface area contributed by atoms with Crippen LogP contribution in [0.25, 0.3) is 0 Å². The second-order valence-corrected chi connectivity index (χ2v) is 5.57. The summed E-state index contributed by atoms with van der Waals surface area (Å²) in [4.78, 5) is 2.67. The first-order chi connectivity index (χ1) is 9.35. The molecule has 1 aromatic carbocycles. The average molecular weight is 260 g/mol. The molecule has 0 aliphatic heterocycles. The molecule has 2 rings (SSSR count). The van der Waals surface area contributed by atoms with Gasteiger partial charge in [0.25, 0.3) is 0 Å². The SMILES string of the molecule is CCCN(Cc1ccccc1CCNCC)C1CC1. The number of benzene rings is 1. The minimum absolute atomic E-state index is 0.863. The van der Waals surface area contributed by atoms with Crippen molar-refractivity contribution in [2.45, 2.75) is 52.1 Å². The molecular weight excluding hydrogens is 232 g/mol. The number of hydrogen-bond donors (Lipinski definition) is 1. The molecule has 0 unspecified atom stereocenters. The molecule has 0 radical (unpaired) electrons. The van der Waals surface area contributed by atoms with Gasteiger partial charge in [-0.2, -0.15) is 0 Å². The van der Waals surface area contributed by atoms with Gasteiger partial charge >= 0.3 is 0 Å². The Morgan fingerprint density at radius 1 is 1.16 bits per heavy atom. The molecule has 0 bridgehead atoms. The summed E-state index contributed by atoms with van der Waals surface area (Å²) >= 11 is 0. The number of hydrogen-bond acceptors (Lipinski definition) is 2. The fourth-order valence-corrected chi connectivity index (χ4v) is 2.69. The van der Waals surface area contributed by atoms with Crippen LogP contribution < -0.4 is 5.32 Å². The quantitative estimate of drug-likeness (QED) is 0.686. The van der Waals surface area contributed by atoms with Gasteiger partial charge in [0.05, 0.1) is 0 Å². The molecule has 0 saturated heterocycles. The zero-order valence-electron chi connectivity index (χ0n) is 12.5. The predicted molar refractivity (Wildman–Crippen MR) is 82.4 cm³/mol. The lowest BCUT2D eigenvalue weighted by atomic mass is 10.0. The van der Waals surface area contributed by atoms with Crippen molar-refractivity contribution in [3.05, 3.63) is 35.4 Å². The molecule has 0 atom stereocenters. The minimum Gasteiger partial charge on any atom is -0.317 e. The third kappa shape index (κ3) is 4.63. The summed E-state index contributed by atoms with van der Waals surface area (Å²) in [7, 11) is 0. The highest BCUT2D eigenvalue weighted by molar-refractivity contribution is 5.27. The van der Waals surface area contributed by atoms with Crippen LogP contribution in [0.4, 0.5) is 0 Å². The molecular formula is C17H28N2. The molecule has 1 fully saturated rings. The first-order valence-corrected chi connectivity index (χ1v) is 7.86. The van der Waals surface area contributed by atoms with Gasteiger partial charge in [-0.05, 0) is 56.4 Å². The van der Waals surface area contributed by atoms with Gasteiger partial charge in [0, 0.05) is 12.6 Å². The molecule has 2 heteroatoms. The summed E-state index contributed by atoms with van der Waals surface area (Å²) in [5.41, 5.74) is 3.05. The van der Waals surface area contributed by atoms with E-state index in [0.717, 1.165) is 32.1 Å². The molecule has 106 valence electrons. The zero-order valence-corrected chi connectivity index (χ0v) is 12.5. The van der Waals surface area contributed by atoms with E-state index in [0.29, 0.717) is 0 Å². The summed E-state index contributed by atoms with van der Waals surface area (Å²) in [6.07, 6.45) is 5.21. The van der Waals surface area contributed by atoms with Crippen molar-refractivity contribution in [1.29, 1.82) is 0 Å². The molecule has 0 amide bonds. The van der Waals surface area contributed by atoms with Gasteiger partial charge in [-0.1, -0.05) is 38.1 Å². The molecule has 19 heavy (non-hydrogen) atoms. The van der Waals surface area contributed by atoms with Crippen LogP contribution in [0.5, 0.6) is 0 Å². The van der Waals surface area contributed by atoms with E-state index in [2.05, 4.69) is 48.3 Å². The van der Waals surface area contributed by atoms with Crippen molar-refractivity contribution in [2.75, 3.05) is 19.6 Å². The van der Waals surface area contributed by atoms with Gasteiger partial charge in [-0.15, -0.1) is 0 Å².